The van der Waals surface area contributed by atoms with Crippen molar-refractivity contribution < 1.29 is 9.53 Å². The van der Waals surface area contributed by atoms with Crippen molar-refractivity contribution >= 4 is 45.4 Å². The second-order valence-corrected chi connectivity index (χ2v) is 6.07. The maximum atomic E-state index is 10.1. The number of fused-ring (bicyclic) bond motifs is 3. The van der Waals surface area contributed by atoms with E-state index in [1.54, 1.807) is 26.4 Å². The molecule has 2 N–H and O–H groups in total. The third kappa shape index (κ3) is 3.54. The molecule has 7 nitrogen and oxygen atoms in total. The largest absolute Gasteiger partial charge is 0.493 e. The van der Waals surface area contributed by atoms with E-state index in [4.69, 9.17) is 16.3 Å². The second-order valence-electron chi connectivity index (χ2n) is 5.67. The van der Waals surface area contributed by atoms with Gasteiger partial charge in [-0.2, -0.15) is 0 Å². The van der Waals surface area contributed by atoms with Crippen LogP contribution in [0, 0.1) is 6.92 Å². The summed E-state index contributed by atoms with van der Waals surface area (Å²) < 4.78 is 5.34. The number of anilines is 1. The van der Waals surface area contributed by atoms with Crippen LogP contribution >= 0.6 is 11.6 Å². The molecular weight excluding hydrogens is 366 g/mol. The Hall–Kier alpha value is -3.19. The summed E-state index contributed by atoms with van der Waals surface area (Å²) in [5.41, 5.74) is 4.09. The Morgan fingerprint density at radius 3 is 2.70 bits per heavy atom. The van der Waals surface area contributed by atoms with Gasteiger partial charge in [0.2, 0.25) is 0 Å². The zero-order valence-corrected chi connectivity index (χ0v) is 15.8. The summed E-state index contributed by atoms with van der Waals surface area (Å²) >= 11 is 6.25. The van der Waals surface area contributed by atoms with Gasteiger partial charge in [0.25, 0.3) is 0 Å². The standard InChI is InChI=1S/C13H12ClN3O.C6H6N2O/c1-15-12-11-8(5-9(14)13(12)18-2)7-3-4-16-6-10(7)17-11;1-5-6(3-9)2-7-4-8-5/h3-6,15,17H,1-2H3;2-4H,1H3. The minimum atomic E-state index is 0.553. The highest BCUT2D eigenvalue weighted by Crippen LogP contribution is 2.41. The Labute approximate surface area is 160 Å². The molecule has 3 heterocycles. The summed E-state index contributed by atoms with van der Waals surface area (Å²) in [6.45, 7) is 1.77. The molecule has 138 valence electrons. The van der Waals surface area contributed by atoms with Crippen LogP contribution in [0.1, 0.15) is 16.1 Å². The van der Waals surface area contributed by atoms with Crippen LogP contribution < -0.4 is 10.1 Å². The van der Waals surface area contributed by atoms with Crippen LogP contribution in [0.4, 0.5) is 5.69 Å². The van der Waals surface area contributed by atoms with Crippen LogP contribution in [0.25, 0.3) is 21.8 Å². The van der Waals surface area contributed by atoms with Crippen molar-refractivity contribution in [3.63, 3.8) is 0 Å². The molecule has 0 atom stereocenters. The number of carbonyl (C=O) groups is 1. The molecule has 4 aromatic rings. The number of halogens is 1. The maximum Gasteiger partial charge on any atom is 0.162 e. The quantitative estimate of drug-likeness (QED) is 0.519. The van der Waals surface area contributed by atoms with Gasteiger partial charge in [-0.05, 0) is 19.1 Å². The maximum absolute atomic E-state index is 10.1. The molecular formula is C19H18ClN5O2. The van der Waals surface area contributed by atoms with Gasteiger partial charge in [-0.3, -0.25) is 9.78 Å². The van der Waals surface area contributed by atoms with E-state index in [9.17, 15) is 4.79 Å². The first-order chi connectivity index (χ1) is 13.1. The van der Waals surface area contributed by atoms with Crippen molar-refractivity contribution in [2.24, 2.45) is 0 Å². The number of methoxy groups -OCH3 is 1. The van der Waals surface area contributed by atoms with E-state index < -0.39 is 0 Å². The number of H-pyrrole nitrogens is 1. The molecule has 0 unspecified atom stereocenters. The van der Waals surface area contributed by atoms with E-state index in [-0.39, 0.29) is 0 Å². The number of aromatic amines is 1. The van der Waals surface area contributed by atoms with Gasteiger partial charge < -0.3 is 15.0 Å². The number of hydrogen-bond acceptors (Lipinski definition) is 6. The number of aromatic nitrogens is 4. The number of pyridine rings is 1. The molecule has 0 aliphatic rings. The van der Waals surface area contributed by atoms with E-state index >= 15 is 0 Å². The van der Waals surface area contributed by atoms with E-state index in [1.165, 1.54) is 12.5 Å². The van der Waals surface area contributed by atoms with Crippen LogP contribution in [0.3, 0.4) is 0 Å². The van der Waals surface area contributed by atoms with Crippen molar-refractivity contribution in [2.75, 3.05) is 19.5 Å². The average molecular weight is 384 g/mol. The summed E-state index contributed by atoms with van der Waals surface area (Å²) in [4.78, 5) is 25.1. The van der Waals surface area contributed by atoms with Crippen LogP contribution in [0.5, 0.6) is 5.75 Å². The molecule has 0 aliphatic carbocycles. The molecule has 0 fully saturated rings. The molecule has 4 rings (SSSR count). The van der Waals surface area contributed by atoms with Crippen molar-refractivity contribution in [2.45, 2.75) is 6.92 Å². The lowest BCUT2D eigenvalue weighted by Crippen LogP contribution is -1.95. The van der Waals surface area contributed by atoms with Gasteiger partial charge in [0, 0.05) is 30.2 Å². The van der Waals surface area contributed by atoms with Crippen molar-refractivity contribution in [3.05, 3.63) is 53.3 Å². The van der Waals surface area contributed by atoms with E-state index in [1.807, 2.05) is 19.2 Å². The smallest absolute Gasteiger partial charge is 0.162 e. The summed E-state index contributed by atoms with van der Waals surface area (Å²) in [6, 6.07) is 3.88. The number of benzene rings is 1. The number of aryl methyl sites for hydroxylation is 1. The first kappa shape index (κ1) is 18.6. The van der Waals surface area contributed by atoms with Crippen LogP contribution in [-0.4, -0.2) is 40.4 Å². The third-order valence-electron chi connectivity index (χ3n) is 4.14. The van der Waals surface area contributed by atoms with Gasteiger partial charge in [-0.15, -0.1) is 0 Å². The molecule has 0 saturated carbocycles. The van der Waals surface area contributed by atoms with Gasteiger partial charge >= 0.3 is 0 Å². The van der Waals surface area contributed by atoms with Crippen LogP contribution in [0.15, 0.2) is 37.1 Å². The van der Waals surface area contributed by atoms with Crippen molar-refractivity contribution in [3.8, 4) is 5.75 Å². The Kier molecular flexibility index (Phi) is 5.52. The molecule has 1 aromatic carbocycles. The molecule has 0 aliphatic heterocycles. The lowest BCUT2D eigenvalue weighted by Gasteiger charge is -2.11. The lowest BCUT2D eigenvalue weighted by atomic mass is 10.1. The topological polar surface area (TPSA) is 92.8 Å². The van der Waals surface area contributed by atoms with Gasteiger partial charge in [0.1, 0.15) is 12.0 Å². The number of carbonyl (C=O) groups excluding carboxylic acids is 1. The zero-order chi connectivity index (χ0) is 19.4. The van der Waals surface area contributed by atoms with E-state index in [0.29, 0.717) is 16.3 Å². The molecule has 0 saturated heterocycles. The normalized spacial score (nSPS) is 10.4. The highest BCUT2D eigenvalue weighted by molar-refractivity contribution is 6.34. The fourth-order valence-electron chi connectivity index (χ4n) is 2.79. The Morgan fingerprint density at radius 1 is 1.26 bits per heavy atom. The van der Waals surface area contributed by atoms with Gasteiger partial charge in [-0.1, -0.05) is 11.6 Å². The van der Waals surface area contributed by atoms with Crippen LogP contribution in [0.2, 0.25) is 5.02 Å². The predicted octanol–water partition coefficient (Wildman–Crippen LogP) is 4.02. The fourth-order valence-corrected chi connectivity index (χ4v) is 3.07. The van der Waals surface area contributed by atoms with Crippen molar-refractivity contribution in [1.29, 1.82) is 0 Å². The average Bonchev–Trinajstić information content (AvgIpc) is 3.06. The summed E-state index contributed by atoms with van der Waals surface area (Å²) in [7, 11) is 3.45. The SMILES string of the molecule is CNc1c(OC)c(Cl)cc2c1[nH]c1cnccc12.Cc1ncncc1C=O. The van der Waals surface area contributed by atoms with E-state index in [0.717, 1.165) is 39.5 Å². The Balaban J connectivity index is 0.000000197. The summed E-state index contributed by atoms with van der Waals surface area (Å²) in [5, 5.41) is 5.88. The monoisotopic (exact) mass is 383 g/mol. The number of hydrogen-bond donors (Lipinski definition) is 2. The first-order valence-corrected chi connectivity index (χ1v) is 8.50. The number of nitrogens with zero attached hydrogens (tertiary/aromatic N) is 3. The molecule has 8 heteroatoms. The molecule has 0 bridgehead atoms. The summed E-state index contributed by atoms with van der Waals surface area (Å²) in [6.07, 6.45) is 7.23. The highest BCUT2D eigenvalue weighted by Gasteiger charge is 2.15. The van der Waals surface area contributed by atoms with Crippen molar-refractivity contribution in [1.82, 2.24) is 19.9 Å². The summed E-state index contributed by atoms with van der Waals surface area (Å²) in [5.74, 6) is 0.645. The van der Waals surface area contributed by atoms with Gasteiger partial charge in [0.15, 0.2) is 12.0 Å². The molecule has 0 amide bonds. The molecule has 0 radical (unpaired) electrons. The highest BCUT2D eigenvalue weighted by atomic mass is 35.5. The number of nitrogens with one attached hydrogen (secondary N) is 2. The molecule has 0 spiro atoms. The molecule has 3 aromatic heterocycles. The zero-order valence-electron chi connectivity index (χ0n) is 15.1. The molecule has 27 heavy (non-hydrogen) atoms. The first-order valence-electron chi connectivity index (χ1n) is 8.12. The predicted molar refractivity (Wildman–Crippen MR) is 107 cm³/mol. The minimum Gasteiger partial charge on any atom is -0.493 e. The van der Waals surface area contributed by atoms with Gasteiger partial charge in [-0.25, -0.2) is 9.97 Å². The Morgan fingerprint density at radius 2 is 2.07 bits per heavy atom. The van der Waals surface area contributed by atoms with Gasteiger partial charge in [0.05, 0.1) is 40.6 Å². The Bertz CT molecular complexity index is 1110. The number of aldehydes is 1. The lowest BCUT2D eigenvalue weighted by molar-refractivity contribution is 0.112. The fraction of sp³-hybridized carbons (Fsp3) is 0.158. The number of rotatable bonds is 3. The van der Waals surface area contributed by atoms with Crippen LogP contribution in [-0.2, 0) is 0 Å². The third-order valence-corrected chi connectivity index (χ3v) is 4.42. The minimum absolute atomic E-state index is 0.553. The second kappa shape index (κ2) is 8.01. The number of ether oxygens (including phenoxy) is 1. The van der Waals surface area contributed by atoms with E-state index in [2.05, 4.69) is 25.3 Å².